The molecule has 2 N–H and O–H groups in total. The molecule has 0 unspecified atom stereocenters. The number of nitro benzene ring substituents is 1. The second kappa shape index (κ2) is 8.27. The lowest BCUT2D eigenvalue weighted by Crippen LogP contribution is -2.23. The van der Waals surface area contributed by atoms with Crippen molar-refractivity contribution in [3.63, 3.8) is 0 Å². The quantitative estimate of drug-likeness (QED) is 0.427. The molecule has 0 aliphatic rings. The first kappa shape index (κ1) is 18.4. The molecular formula is C17H23N5O3. The van der Waals surface area contributed by atoms with Gasteiger partial charge in [0.15, 0.2) is 5.69 Å². The summed E-state index contributed by atoms with van der Waals surface area (Å²) in [6.07, 6.45) is 1.69. The molecule has 0 saturated heterocycles. The Morgan fingerprint density at radius 3 is 2.56 bits per heavy atom. The number of phenols is 1. The van der Waals surface area contributed by atoms with Crippen LogP contribution in [0.15, 0.2) is 24.3 Å². The second-order valence-corrected chi connectivity index (χ2v) is 5.52. The van der Waals surface area contributed by atoms with E-state index < -0.39 is 4.92 Å². The molecular weight excluding hydrogens is 322 g/mol. The molecule has 25 heavy (non-hydrogen) atoms. The lowest BCUT2D eigenvalue weighted by atomic mass is 10.2. The fraction of sp³-hybridized carbons (Fsp3) is 0.412. The summed E-state index contributed by atoms with van der Waals surface area (Å²) in [4.78, 5) is 21.6. The summed E-state index contributed by atoms with van der Waals surface area (Å²) >= 11 is 0. The molecule has 8 nitrogen and oxygen atoms in total. The van der Waals surface area contributed by atoms with Gasteiger partial charge >= 0.3 is 0 Å². The van der Waals surface area contributed by atoms with Crippen LogP contribution in [0.25, 0.3) is 0 Å². The van der Waals surface area contributed by atoms with Crippen molar-refractivity contribution >= 4 is 23.1 Å². The van der Waals surface area contributed by atoms with Gasteiger partial charge in [0.2, 0.25) is 5.95 Å². The minimum Gasteiger partial charge on any atom is -0.505 e. The predicted octanol–water partition coefficient (Wildman–Crippen LogP) is 3.63. The third-order valence-corrected chi connectivity index (χ3v) is 3.81. The van der Waals surface area contributed by atoms with E-state index >= 15 is 0 Å². The number of aryl methyl sites for hydroxylation is 1. The highest BCUT2D eigenvalue weighted by Crippen LogP contribution is 2.35. The Balaban J connectivity index is 2.47. The van der Waals surface area contributed by atoms with Gasteiger partial charge in [0.05, 0.1) is 4.92 Å². The Morgan fingerprint density at radius 2 is 1.96 bits per heavy atom. The third-order valence-electron chi connectivity index (χ3n) is 3.81. The van der Waals surface area contributed by atoms with Crippen LogP contribution in [0, 0.1) is 10.1 Å². The zero-order valence-electron chi connectivity index (χ0n) is 14.7. The SMILES string of the molecule is CCCc1cc(N(CC)CC)nc(Nc2c(O)cccc2[N+](=O)[O-])n1. The average molecular weight is 345 g/mol. The number of nitro groups is 1. The number of para-hydroxylation sites is 1. The monoisotopic (exact) mass is 345 g/mol. The highest BCUT2D eigenvalue weighted by molar-refractivity contribution is 5.73. The molecule has 134 valence electrons. The normalized spacial score (nSPS) is 10.5. The van der Waals surface area contributed by atoms with Gasteiger partial charge in [0, 0.05) is 30.9 Å². The highest BCUT2D eigenvalue weighted by atomic mass is 16.6. The van der Waals surface area contributed by atoms with Crippen molar-refractivity contribution in [1.29, 1.82) is 0 Å². The van der Waals surface area contributed by atoms with Crippen LogP contribution in [-0.2, 0) is 6.42 Å². The van der Waals surface area contributed by atoms with Crippen LogP contribution in [0.3, 0.4) is 0 Å². The molecule has 0 radical (unpaired) electrons. The molecule has 1 aromatic heterocycles. The molecule has 1 aromatic carbocycles. The summed E-state index contributed by atoms with van der Waals surface area (Å²) in [5.41, 5.74) is 0.612. The van der Waals surface area contributed by atoms with Crippen LogP contribution in [0.1, 0.15) is 32.9 Å². The van der Waals surface area contributed by atoms with Crippen molar-refractivity contribution in [3.05, 3.63) is 40.1 Å². The maximum absolute atomic E-state index is 11.2. The van der Waals surface area contributed by atoms with Crippen LogP contribution >= 0.6 is 0 Å². The van der Waals surface area contributed by atoms with Gasteiger partial charge in [-0.15, -0.1) is 0 Å². The van der Waals surface area contributed by atoms with Gasteiger partial charge in [-0.25, -0.2) is 4.98 Å². The van der Waals surface area contributed by atoms with E-state index in [0.717, 1.165) is 37.4 Å². The first-order valence-corrected chi connectivity index (χ1v) is 8.36. The molecule has 1 heterocycles. The molecule has 0 aliphatic heterocycles. The maximum Gasteiger partial charge on any atom is 0.296 e. The molecule has 0 saturated carbocycles. The van der Waals surface area contributed by atoms with Gasteiger partial charge < -0.3 is 15.3 Å². The Labute approximate surface area is 146 Å². The summed E-state index contributed by atoms with van der Waals surface area (Å²) in [6, 6.07) is 6.06. The smallest absolute Gasteiger partial charge is 0.296 e. The number of nitrogens with zero attached hydrogens (tertiary/aromatic N) is 4. The first-order valence-electron chi connectivity index (χ1n) is 8.36. The lowest BCUT2D eigenvalue weighted by molar-refractivity contribution is -0.384. The third kappa shape index (κ3) is 4.34. The molecule has 0 aliphatic carbocycles. The minimum absolute atomic E-state index is 0.00774. The largest absolute Gasteiger partial charge is 0.505 e. The summed E-state index contributed by atoms with van der Waals surface area (Å²) in [6.45, 7) is 7.70. The summed E-state index contributed by atoms with van der Waals surface area (Å²) in [5, 5.41) is 24.0. The summed E-state index contributed by atoms with van der Waals surface area (Å²) < 4.78 is 0. The zero-order chi connectivity index (χ0) is 18.4. The second-order valence-electron chi connectivity index (χ2n) is 5.52. The van der Waals surface area contributed by atoms with Crippen molar-refractivity contribution in [1.82, 2.24) is 9.97 Å². The Morgan fingerprint density at radius 1 is 1.24 bits per heavy atom. The number of hydrogen-bond acceptors (Lipinski definition) is 7. The van der Waals surface area contributed by atoms with E-state index in [0.29, 0.717) is 0 Å². The Hall–Kier alpha value is -2.90. The van der Waals surface area contributed by atoms with E-state index in [4.69, 9.17) is 0 Å². The number of hydrogen-bond donors (Lipinski definition) is 2. The van der Waals surface area contributed by atoms with Crippen molar-refractivity contribution < 1.29 is 10.0 Å². The van der Waals surface area contributed by atoms with Gasteiger partial charge in [-0.1, -0.05) is 19.4 Å². The molecule has 0 fully saturated rings. The lowest BCUT2D eigenvalue weighted by Gasteiger charge is -2.21. The standard InChI is InChI=1S/C17H23N5O3/c1-4-8-12-11-15(21(5-2)6-3)19-17(18-12)20-16-13(22(24)25)9-7-10-14(16)23/h7,9-11,23H,4-6,8H2,1-3H3,(H,18,19,20). The van der Waals surface area contributed by atoms with E-state index in [1.165, 1.54) is 18.2 Å². The fourth-order valence-electron chi connectivity index (χ4n) is 2.55. The van der Waals surface area contributed by atoms with Gasteiger partial charge in [0.1, 0.15) is 11.6 Å². The molecule has 0 amide bonds. The Bertz CT molecular complexity index is 747. The Kier molecular flexibility index (Phi) is 6.10. The van der Waals surface area contributed by atoms with E-state index in [1.54, 1.807) is 0 Å². The number of rotatable bonds is 8. The number of benzene rings is 1. The zero-order valence-corrected chi connectivity index (χ0v) is 14.7. The average Bonchev–Trinajstić information content (AvgIpc) is 2.58. The molecule has 0 spiro atoms. The van der Waals surface area contributed by atoms with E-state index in [-0.39, 0.29) is 23.1 Å². The van der Waals surface area contributed by atoms with Crippen molar-refractivity contribution in [2.45, 2.75) is 33.6 Å². The molecule has 2 rings (SSSR count). The van der Waals surface area contributed by atoms with E-state index in [9.17, 15) is 15.2 Å². The van der Waals surface area contributed by atoms with Crippen LogP contribution in [0.4, 0.5) is 23.1 Å². The van der Waals surface area contributed by atoms with E-state index in [2.05, 4.69) is 27.1 Å². The highest BCUT2D eigenvalue weighted by Gasteiger charge is 2.19. The van der Waals surface area contributed by atoms with Gasteiger partial charge in [-0.3, -0.25) is 10.1 Å². The topological polar surface area (TPSA) is 104 Å². The van der Waals surface area contributed by atoms with Gasteiger partial charge in [-0.05, 0) is 26.3 Å². The summed E-state index contributed by atoms with van der Waals surface area (Å²) in [5.74, 6) is 0.768. The molecule has 0 bridgehead atoms. The predicted molar refractivity (Wildman–Crippen MR) is 97.6 cm³/mol. The van der Waals surface area contributed by atoms with E-state index in [1.807, 2.05) is 19.9 Å². The van der Waals surface area contributed by atoms with Gasteiger partial charge in [0.25, 0.3) is 5.69 Å². The van der Waals surface area contributed by atoms with Crippen LogP contribution < -0.4 is 10.2 Å². The number of phenolic OH excluding ortho intramolecular Hbond substituents is 1. The molecule has 0 atom stereocenters. The number of anilines is 3. The maximum atomic E-state index is 11.2. The minimum atomic E-state index is -0.552. The van der Waals surface area contributed by atoms with Crippen LogP contribution in [-0.4, -0.2) is 33.1 Å². The fourth-order valence-corrected chi connectivity index (χ4v) is 2.55. The number of aromatic nitrogens is 2. The molecule has 8 heteroatoms. The molecule has 2 aromatic rings. The first-order chi connectivity index (χ1) is 12.0. The van der Waals surface area contributed by atoms with Crippen molar-refractivity contribution in [2.75, 3.05) is 23.3 Å². The number of nitrogens with one attached hydrogen (secondary N) is 1. The summed E-state index contributed by atoms with van der Waals surface area (Å²) in [7, 11) is 0. The van der Waals surface area contributed by atoms with Crippen molar-refractivity contribution in [3.8, 4) is 5.75 Å². The van der Waals surface area contributed by atoms with Gasteiger partial charge in [-0.2, -0.15) is 4.98 Å². The van der Waals surface area contributed by atoms with Crippen LogP contribution in [0.2, 0.25) is 0 Å². The van der Waals surface area contributed by atoms with Crippen LogP contribution in [0.5, 0.6) is 5.75 Å². The van der Waals surface area contributed by atoms with Crippen molar-refractivity contribution in [2.24, 2.45) is 0 Å². The number of aromatic hydroxyl groups is 1.